The average molecular weight is 431 g/mol. The van der Waals surface area contributed by atoms with E-state index in [1.165, 1.54) is 24.3 Å². The van der Waals surface area contributed by atoms with Crippen LogP contribution in [0.2, 0.25) is 15.1 Å². The van der Waals surface area contributed by atoms with Crippen LogP contribution in [0.25, 0.3) is 0 Å². The zero-order chi connectivity index (χ0) is 19.3. The van der Waals surface area contributed by atoms with Gasteiger partial charge in [0.25, 0.3) is 0 Å². The first-order chi connectivity index (χ1) is 12.0. The second-order valence-electron chi connectivity index (χ2n) is 5.40. The number of fused-ring (bicyclic) bond motifs is 1. The lowest BCUT2D eigenvalue weighted by atomic mass is 10.1. The van der Waals surface area contributed by atoms with Crippen molar-refractivity contribution in [2.24, 2.45) is 4.99 Å². The Morgan fingerprint density at radius 2 is 1.54 bits per heavy atom. The topological polar surface area (TPSA) is 21.6 Å². The lowest BCUT2D eigenvalue weighted by Crippen LogP contribution is -2.44. The number of hydrogen-bond acceptors (Lipinski definition) is 2. The highest BCUT2D eigenvalue weighted by atomic mass is 35.5. The fraction of sp³-hybridized carbons (Fsp3) is 0.188. The molecule has 0 aromatic heterocycles. The standard InChI is InChI=1S/C16H7Cl3F5NO/c17-8-1-2-12(9(18)5-8)26-13-3-7-4-14(15(20,21)16(22,23)24)25-11(7)6-10(13)19/h1-3,5-6H,4H2. The van der Waals surface area contributed by atoms with Gasteiger partial charge in [0.2, 0.25) is 0 Å². The van der Waals surface area contributed by atoms with E-state index in [1.54, 1.807) is 0 Å². The molecule has 0 saturated carbocycles. The van der Waals surface area contributed by atoms with Crippen LogP contribution in [0.1, 0.15) is 5.56 Å². The SMILES string of the molecule is FC(F)(F)C(F)(F)C1=Nc2cc(Cl)c(Oc3ccc(Cl)cc3Cl)cc2C1. The molecule has 0 radical (unpaired) electrons. The van der Waals surface area contributed by atoms with Gasteiger partial charge in [-0.3, -0.25) is 4.99 Å². The third-order valence-corrected chi connectivity index (χ3v) is 4.40. The number of aliphatic imine (C=N–C) groups is 1. The summed E-state index contributed by atoms with van der Waals surface area (Å²) in [6.45, 7) is 0. The normalized spacial score (nSPS) is 14.2. The van der Waals surface area contributed by atoms with Gasteiger partial charge in [0, 0.05) is 11.4 Å². The molecule has 3 rings (SSSR count). The molecule has 1 aliphatic rings. The molecule has 2 aromatic carbocycles. The second-order valence-corrected chi connectivity index (χ2v) is 6.65. The number of hydrogen-bond donors (Lipinski definition) is 0. The van der Waals surface area contributed by atoms with Gasteiger partial charge in [-0.15, -0.1) is 0 Å². The van der Waals surface area contributed by atoms with Crippen LogP contribution in [0.15, 0.2) is 35.3 Å². The summed E-state index contributed by atoms with van der Waals surface area (Å²) in [7, 11) is 0. The molecule has 0 amide bonds. The number of ether oxygens (including phenoxy) is 1. The highest BCUT2D eigenvalue weighted by Crippen LogP contribution is 2.45. The summed E-state index contributed by atoms with van der Waals surface area (Å²) in [5.41, 5.74) is -1.23. The molecule has 138 valence electrons. The highest BCUT2D eigenvalue weighted by Gasteiger charge is 2.61. The third kappa shape index (κ3) is 3.48. The molecule has 0 atom stereocenters. The van der Waals surface area contributed by atoms with Crippen LogP contribution in [0, 0.1) is 0 Å². The Kier molecular flexibility index (Phi) is 4.83. The Labute approximate surface area is 159 Å². The van der Waals surface area contributed by atoms with Gasteiger partial charge in [-0.05, 0) is 35.9 Å². The molecule has 10 heteroatoms. The fourth-order valence-corrected chi connectivity index (χ4v) is 2.94. The molecule has 0 N–H and O–H groups in total. The van der Waals surface area contributed by atoms with E-state index in [0.717, 1.165) is 6.07 Å². The van der Waals surface area contributed by atoms with Crippen LogP contribution in [-0.4, -0.2) is 17.8 Å². The number of halogens is 8. The van der Waals surface area contributed by atoms with E-state index in [4.69, 9.17) is 39.5 Å². The van der Waals surface area contributed by atoms with Gasteiger partial charge in [0.05, 0.1) is 15.7 Å². The van der Waals surface area contributed by atoms with Crippen LogP contribution >= 0.6 is 34.8 Å². The minimum Gasteiger partial charge on any atom is -0.454 e. The monoisotopic (exact) mass is 429 g/mol. The zero-order valence-electron chi connectivity index (χ0n) is 12.5. The molecule has 26 heavy (non-hydrogen) atoms. The Bertz CT molecular complexity index is 911. The molecule has 0 fully saturated rings. The van der Waals surface area contributed by atoms with Crippen molar-refractivity contribution in [2.75, 3.05) is 0 Å². The molecular weight excluding hydrogens is 424 g/mol. The Hall–Kier alpha value is -1.57. The third-order valence-electron chi connectivity index (χ3n) is 3.58. The van der Waals surface area contributed by atoms with Crippen molar-refractivity contribution in [3.8, 4) is 11.5 Å². The molecule has 1 aliphatic heterocycles. The Morgan fingerprint density at radius 1 is 0.885 bits per heavy atom. The van der Waals surface area contributed by atoms with Crippen molar-refractivity contribution in [1.29, 1.82) is 0 Å². The molecule has 2 aromatic rings. The van der Waals surface area contributed by atoms with Crippen molar-refractivity contribution in [3.63, 3.8) is 0 Å². The predicted octanol–water partition coefficient (Wildman–Crippen LogP) is 7.27. The molecular formula is C16H7Cl3F5NO. The lowest BCUT2D eigenvalue weighted by molar-refractivity contribution is -0.249. The minimum absolute atomic E-state index is 0.0184. The van der Waals surface area contributed by atoms with Crippen molar-refractivity contribution >= 4 is 46.2 Å². The van der Waals surface area contributed by atoms with Gasteiger partial charge in [-0.2, -0.15) is 22.0 Å². The zero-order valence-corrected chi connectivity index (χ0v) is 14.7. The molecule has 0 saturated heterocycles. The van der Waals surface area contributed by atoms with E-state index in [2.05, 4.69) is 4.99 Å². The molecule has 0 bridgehead atoms. The van der Waals surface area contributed by atoms with E-state index in [-0.39, 0.29) is 32.8 Å². The van der Waals surface area contributed by atoms with Crippen molar-refractivity contribution in [2.45, 2.75) is 18.5 Å². The van der Waals surface area contributed by atoms with Crippen molar-refractivity contribution in [1.82, 2.24) is 0 Å². The Balaban J connectivity index is 1.91. The predicted molar refractivity (Wildman–Crippen MR) is 89.8 cm³/mol. The van der Waals surface area contributed by atoms with E-state index < -0.39 is 24.2 Å². The largest absolute Gasteiger partial charge is 0.459 e. The lowest BCUT2D eigenvalue weighted by Gasteiger charge is -2.19. The smallest absolute Gasteiger partial charge is 0.454 e. The molecule has 1 heterocycles. The summed E-state index contributed by atoms with van der Waals surface area (Å²) in [5.74, 6) is -4.79. The number of nitrogens with zero attached hydrogens (tertiary/aromatic N) is 1. The van der Waals surface area contributed by atoms with Crippen molar-refractivity contribution < 1.29 is 26.7 Å². The first-order valence-electron chi connectivity index (χ1n) is 6.97. The van der Waals surface area contributed by atoms with Gasteiger partial charge in [-0.25, -0.2) is 0 Å². The quantitative estimate of drug-likeness (QED) is 0.469. The summed E-state index contributed by atoms with van der Waals surface area (Å²) in [6.07, 6.45) is -6.41. The van der Waals surface area contributed by atoms with Crippen LogP contribution in [0.5, 0.6) is 11.5 Å². The van der Waals surface area contributed by atoms with Gasteiger partial charge in [0.1, 0.15) is 17.2 Å². The summed E-state index contributed by atoms with van der Waals surface area (Å²) in [6, 6.07) is 6.81. The number of rotatable bonds is 3. The molecule has 0 spiro atoms. The first-order valence-corrected chi connectivity index (χ1v) is 8.10. The molecule has 0 unspecified atom stereocenters. The minimum atomic E-state index is -5.73. The number of benzene rings is 2. The van der Waals surface area contributed by atoms with Gasteiger partial charge in [0.15, 0.2) is 0 Å². The molecule has 0 aliphatic carbocycles. The van der Waals surface area contributed by atoms with Gasteiger partial charge < -0.3 is 4.74 Å². The van der Waals surface area contributed by atoms with Gasteiger partial charge in [-0.1, -0.05) is 34.8 Å². The Morgan fingerprint density at radius 3 is 2.15 bits per heavy atom. The van der Waals surface area contributed by atoms with Crippen molar-refractivity contribution in [3.05, 3.63) is 51.0 Å². The van der Waals surface area contributed by atoms with E-state index in [9.17, 15) is 22.0 Å². The maximum atomic E-state index is 13.5. The maximum absolute atomic E-state index is 13.5. The van der Waals surface area contributed by atoms with E-state index >= 15 is 0 Å². The van der Waals surface area contributed by atoms with Crippen LogP contribution in [0.4, 0.5) is 27.6 Å². The van der Waals surface area contributed by atoms with Crippen LogP contribution in [-0.2, 0) is 6.42 Å². The molecule has 2 nitrogen and oxygen atoms in total. The fourth-order valence-electron chi connectivity index (χ4n) is 2.30. The second kappa shape index (κ2) is 6.55. The summed E-state index contributed by atoms with van der Waals surface area (Å²) < 4.78 is 70.1. The van der Waals surface area contributed by atoms with Gasteiger partial charge >= 0.3 is 12.1 Å². The van der Waals surface area contributed by atoms with Crippen LogP contribution < -0.4 is 4.74 Å². The number of alkyl halides is 5. The average Bonchev–Trinajstić information content (AvgIpc) is 2.92. The summed E-state index contributed by atoms with van der Waals surface area (Å²) in [5, 5.41) is 0.527. The maximum Gasteiger partial charge on any atom is 0.459 e. The van der Waals surface area contributed by atoms with E-state index in [0.29, 0.717) is 5.02 Å². The van der Waals surface area contributed by atoms with Crippen LogP contribution in [0.3, 0.4) is 0 Å². The highest BCUT2D eigenvalue weighted by molar-refractivity contribution is 6.35. The summed E-state index contributed by atoms with van der Waals surface area (Å²) >= 11 is 17.8. The summed E-state index contributed by atoms with van der Waals surface area (Å²) in [4.78, 5) is 3.39. The first kappa shape index (κ1) is 19.2. The van der Waals surface area contributed by atoms with E-state index in [1.807, 2.05) is 0 Å².